The van der Waals surface area contributed by atoms with E-state index in [2.05, 4.69) is 21.5 Å². The molecule has 0 saturated carbocycles. The summed E-state index contributed by atoms with van der Waals surface area (Å²) in [7, 11) is 1.42. The number of aliphatic hydroxyl groups is 3. The smallest absolute Gasteiger partial charge is 0.246 e. The summed E-state index contributed by atoms with van der Waals surface area (Å²) < 4.78 is 12.2. The molecule has 0 aliphatic carbocycles. The summed E-state index contributed by atoms with van der Waals surface area (Å²) in [5.41, 5.74) is 4.58. The van der Waals surface area contributed by atoms with Crippen molar-refractivity contribution in [1.82, 2.24) is 19.5 Å². The standard InChI is InChI=1S/C14H19N5O5/c1-3-4-14(22)9(21)7(5-20)24-12(14)19-6-16-8-10(19)17-13(15)18-11(8)23-2/h3,6-7,9,12,20-22H,1,4-5H2,2H3,(H2,15,17,18). The maximum atomic E-state index is 10.9. The molecular formula is C14H19N5O5. The van der Waals surface area contributed by atoms with Crippen molar-refractivity contribution < 1.29 is 24.8 Å². The van der Waals surface area contributed by atoms with Crippen LogP contribution in [0.5, 0.6) is 5.88 Å². The molecule has 24 heavy (non-hydrogen) atoms. The highest BCUT2D eigenvalue weighted by Crippen LogP contribution is 2.42. The summed E-state index contributed by atoms with van der Waals surface area (Å²) in [5, 5.41) is 30.7. The maximum Gasteiger partial charge on any atom is 0.246 e. The number of aromatic nitrogens is 4. The quantitative estimate of drug-likeness (QED) is 0.503. The van der Waals surface area contributed by atoms with Crippen LogP contribution < -0.4 is 10.5 Å². The average molecular weight is 337 g/mol. The number of hydrogen-bond donors (Lipinski definition) is 4. The highest BCUT2D eigenvalue weighted by molar-refractivity contribution is 5.77. The first kappa shape index (κ1) is 16.6. The molecule has 4 unspecified atom stereocenters. The van der Waals surface area contributed by atoms with E-state index in [1.54, 1.807) is 0 Å². The largest absolute Gasteiger partial charge is 0.479 e. The number of fused-ring (bicyclic) bond motifs is 1. The third-order valence-electron chi connectivity index (χ3n) is 4.10. The van der Waals surface area contributed by atoms with Gasteiger partial charge in [-0.2, -0.15) is 9.97 Å². The minimum Gasteiger partial charge on any atom is -0.479 e. The minimum atomic E-state index is -1.71. The summed E-state index contributed by atoms with van der Waals surface area (Å²) in [5.74, 6) is 0.145. The number of ether oxygens (including phenoxy) is 2. The molecule has 130 valence electrons. The van der Waals surface area contributed by atoms with Crippen molar-refractivity contribution in [2.75, 3.05) is 19.5 Å². The van der Waals surface area contributed by atoms with Gasteiger partial charge in [0.25, 0.3) is 0 Å². The minimum absolute atomic E-state index is 0.0344. The van der Waals surface area contributed by atoms with Crippen molar-refractivity contribution >= 4 is 17.1 Å². The monoisotopic (exact) mass is 337 g/mol. The molecule has 5 N–H and O–H groups in total. The number of nitrogens with two attached hydrogens (primary N) is 1. The summed E-state index contributed by atoms with van der Waals surface area (Å²) in [6.07, 6.45) is -0.448. The normalized spacial score (nSPS) is 29.9. The molecule has 0 bridgehead atoms. The summed E-state index contributed by atoms with van der Waals surface area (Å²) >= 11 is 0. The van der Waals surface area contributed by atoms with Gasteiger partial charge in [0.2, 0.25) is 11.8 Å². The van der Waals surface area contributed by atoms with Gasteiger partial charge in [0.1, 0.15) is 17.8 Å². The third-order valence-corrected chi connectivity index (χ3v) is 4.10. The Bertz CT molecular complexity index is 765. The van der Waals surface area contributed by atoms with Crippen LogP contribution in [0.2, 0.25) is 0 Å². The van der Waals surface area contributed by atoms with Gasteiger partial charge in [0.05, 0.1) is 20.0 Å². The van der Waals surface area contributed by atoms with E-state index in [1.165, 1.54) is 24.1 Å². The molecule has 1 fully saturated rings. The zero-order chi connectivity index (χ0) is 17.5. The lowest BCUT2D eigenvalue weighted by molar-refractivity contribution is -0.105. The number of nitrogen functional groups attached to an aromatic ring is 1. The number of methoxy groups -OCH3 is 1. The summed E-state index contributed by atoms with van der Waals surface area (Å²) in [4.78, 5) is 12.2. The maximum absolute atomic E-state index is 10.9. The molecule has 1 saturated heterocycles. The molecule has 1 aliphatic heterocycles. The zero-order valence-corrected chi connectivity index (χ0v) is 13.0. The molecule has 3 heterocycles. The topological polar surface area (TPSA) is 149 Å². The van der Waals surface area contributed by atoms with E-state index in [1.807, 2.05) is 0 Å². The van der Waals surface area contributed by atoms with Crippen LogP contribution >= 0.6 is 0 Å². The number of imidazole rings is 1. The molecule has 10 heteroatoms. The summed E-state index contributed by atoms with van der Waals surface area (Å²) in [6.45, 7) is 3.14. The van der Waals surface area contributed by atoms with E-state index >= 15 is 0 Å². The van der Waals surface area contributed by atoms with Crippen molar-refractivity contribution in [3.63, 3.8) is 0 Å². The second-order valence-corrected chi connectivity index (χ2v) is 5.55. The van der Waals surface area contributed by atoms with Crippen LogP contribution in [0.1, 0.15) is 12.6 Å². The second-order valence-electron chi connectivity index (χ2n) is 5.55. The number of aliphatic hydroxyl groups excluding tert-OH is 2. The highest BCUT2D eigenvalue weighted by atomic mass is 16.6. The van der Waals surface area contributed by atoms with Crippen LogP contribution in [-0.4, -0.2) is 66.4 Å². The molecule has 2 aromatic rings. The van der Waals surface area contributed by atoms with Gasteiger partial charge < -0.3 is 30.5 Å². The predicted octanol–water partition coefficient (Wildman–Crippen LogP) is -1.03. The number of anilines is 1. The first-order chi connectivity index (χ1) is 11.5. The fourth-order valence-electron chi connectivity index (χ4n) is 2.95. The van der Waals surface area contributed by atoms with E-state index in [0.717, 1.165) is 0 Å². The Morgan fingerprint density at radius 3 is 2.92 bits per heavy atom. The average Bonchev–Trinajstić information content (AvgIpc) is 3.07. The van der Waals surface area contributed by atoms with E-state index in [4.69, 9.17) is 15.2 Å². The van der Waals surface area contributed by atoms with Crippen molar-refractivity contribution in [3.05, 3.63) is 19.0 Å². The van der Waals surface area contributed by atoms with Gasteiger partial charge in [-0.15, -0.1) is 6.58 Å². The first-order valence-electron chi connectivity index (χ1n) is 7.28. The molecule has 0 aromatic carbocycles. The molecule has 0 spiro atoms. The number of nitrogens with zero attached hydrogens (tertiary/aromatic N) is 4. The Kier molecular flexibility index (Phi) is 4.13. The molecule has 3 rings (SSSR count). The number of hydrogen-bond acceptors (Lipinski definition) is 9. The fraction of sp³-hybridized carbons (Fsp3) is 0.500. The lowest BCUT2D eigenvalue weighted by Gasteiger charge is -2.30. The molecule has 0 amide bonds. The summed E-state index contributed by atoms with van der Waals surface area (Å²) in [6, 6.07) is 0. The first-order valence-corrected chi connectivity index (χ1v) is 7.28. The van der Waals surface area contributed by atoms with Gasteiger partial charge >= 0.3 is 0 Å². The van der Waals surface area contributed by atoms with Crippen molar-refractivity contribution in [1.29, 1.82) is 0 Å². The van der Waals surface area contributed by atoms with Crippen molar-refractivity contribution in [2.45, 2.75) is 30.5 Å². The van der Waals surface area contributed by atoms with Crippen molar-refractivity contribution in [2.24, 2.45) is 0 Å². The van der Waals surface area contributed by atoms with Gasteiger partial charge in [0.15, 0.2) is 17.4 Å². The Hall–Kier alpha value is -2.27. The van der Waals surface area contributed by atoms with E-state index < -0.39 is 30.6 Å². The van der Waals surface area contributed by atoms with Crippen LogP contribution in [0.4, 0.5) is 5.95 Å². The zero-order valence-electron chi connectivity index (χ0n) is 13.0. The Morgan fingerprint density at radius 2 is 2.29 bits per heavy atom. The SMILES string of the molecule is C=CCC1(O)C(O)C(CO)OC1n1cnc2c(OC)nc(N)nc21. The Labute approximate surface area is 137 Å². The molecule has 4 atom stereocenters. The molecule has 2 aromatic heterocycles. The van der Waals surface area contributed by atoms with E-state index in [0.29, 0.717) is 5.52 Å². The van der Waals surface area contributed by atoms with Crippen LogP contribution in [0.25, 0.3) is 11.2 Å². The highest BCUT2D eigenvalue weighted by Gasteiger charge is 2.55. The van der Waals surface area contributed by atoms with E-state index in [-0.39, 0.29) is 23.9 Å². The number of rotatable bonds is 5. The predicted molar refractivity (Wildman–Crippen MR) is 83.1 cm³/mol. The van der Waals surface area contributed by atoms with Crippen LogP contribution in [0.3, 0.4) is 0 Å². The van der Waals surface area contributed by atoms with Gasteiger partial charge in [-0.3, -0.25) is 4.57 Å². The van der Waals surface area contributed by atoms with Crippen LogP contribution in [0.15, 0.2) is 19.0 Å². The van der Waals surface area contributed by atoms with Gasteiger partial charge in [-0.1, -0.05) is 6.08 Å². The lowest BCUT2D eigenvalue weighted by atomic mass is 9.90. The molecule has 10 nitrogen and oxygen atoms in total. The molecular weight excluding hydrogens is 318 g/mol. The van der Waals surface area contributed by atoms with Gasteiger partial charge in [0, 0.05) is 6.42 Å². The molecule has 1 aliphatic rings. The second kappa shape index (κ2) is 5.98. The third kappa shape index (κ3) is 2.31. The molecule has 0 radical (unpaired) electrons. The van der Waals surface area contributed by atoms with Crippen molar-refractivity contribution in [3.8, 4) is 5.88 Å². The fourth-order valence-corrected chi connectivity index (χ4v) is 2.95. The van der Waals surface area contributed by atoms with Gasteiger partial charge in [-0.25, -0.2) is 4.98 Å². The van der Waals surface area contributed by atoms with Crippen LogP contribution in [-0.2, 0) is 4.74 Å². The Morgan fingerprint density at radius 1 is 1.54 bits per heavy atom. The lowest BCUT2D eigenvalue weighted by Crippen LogP contribution is -2.46. The Balaban J connectivity index is 2.15. The van der Waals surface area contributed by atoms with Crippen LogP contribution in [0, 0.1) is 0 Å². The van der Waals surface area contributed by atoms with E-state index in [9.17, 15) is 15.3 Å². The van der Waals surface area contributed by atoms with Gasteiger partial charge in [-0.05, 0) is 0 Å².